The predicted molar refractivity (Wildman–Crippen MR) is 136 cm³/mol. The number of aromatic nitrogens is 2. The summed E-state index contributed by atoms with van der Waals surface area (Å²) in [6, 6.07) is 17.2. The molecule has 7 nitrogen and oxygen atoms in total. The Labute approximate surface area is 204 Å². The minimum atomic E-state index is -4.21. The van der Waals surface area contributed by atoms with Crippen LogP contribution in [0.3, 0.4) is 0 Å². The van der Waals surface area contributed by atoms with Gasteiger partial charge in [0.05, 0.1) is 20.8 Å². The third-order valence-corrected chi connectivity index (χ3v) is 8.17. The molecule has 2 heterocycles. The summed E-state index contributed by atoms with van der Waals surface area (Å²) in [6.07, 6.45) is 3.07. The summed E-state index contributed by atoms with van der Waals surface area (Å²) in [7, 11) is -4.21. The average molecular weight is 507 g/mol. The Morgan fingerprint density at radius 2 is 1.89 bits per heavy atom. The van der Waals surface area contributed by atoms with Crippen LogP contribution in [0.1, 0.15) is 5.56 Å². The molecule has 0 spiro atoms. The fourth-order valence-corrected chi connectivity index (χ4v) is 6.35. The van der Waals surface area contributed by atoms with Crippen molar-refractivity contribution in [1.82, 2.24) is 9.97 Å². The number of rotatable bonds is 6. The van der Waals surface area contributed by atoms with E-state index < -0.39 is 28.3 Å². The fourth-order valence-electron chi connectivity index (χ4n) is 3.73. The topological polar surface area (TPSA) is 92.3 Å². The quantitative estimate of drug-likeness (QED) is 0.345. The average Bonchev–Trinajstić information content (AvgIpc) is 3.24. The van der Waals surface area contributed by atoms with Crippen LogP contribution >= 0.6 is 11.3 Å². The largest absolute Gasteiger partial charge is 0.300 e. The molecule has 0 bridgehead atoms. The van der Waals surface area contributed by atoms with E-state index in [0.29, 0.717) is 15.9 Å². The lowest BCUT2D eigenvalue weighted by Gasteiger charge is -2.24. The van der Waals surface area contributed by atoms with E-state index in [1.807, 2.05) is 25.1 Å². The molecule has 0 aliphatic carbocycles. The van der Waals surface area contributed by atoms with Gasteiger partial charge in [-0.2, -0.15) is 0 Å². The molecule has 0 saturated carbocycles. The number of fused-ring (bicyclic) bond motifs is 2. The number of hydrogen-bond donors (Lipinski definition) is 1. The van der Waals surface area contributed by atoms with Gasteiger partial charge in [0.15, 0.2) is 5.13 Å². The smallest absolute Gasteiger partial charge is 0.265 e. The second-order valence-electron chi connectivity index (χ2n) is 7.88. The van der Waals surface area contributed by atoms with Gasteiger partial charge in [-0.3, -0.25) is 14.1 Å². The number of amides is 1. The third-order valence-electron chi connectivity index (χ3n) is 5.40. The highest BCUT2D eigenvalue weighted by molar-refractivity contribution is 7.93. The zero-order valence-corrected chi connectivity index (χ0v) is 20.1. The Morgan fingerprint density at radius 1 is 1.09 bits per heavy atom. The molecule has 35 heavy (non-hydrogen) atoms. The summed E-state index contributed by atoms with van der Waals surface area (Å²) in [4.78, 5) is 21.5. The van der Waals surface area contributed by atoms with Gasteiger partial charge in [-0.15, -0.1) is 0 Å². The molecule has 5 aromatic rings. The fraction of sp³-hybridized carbons (Fsp3) is 0.0800. The van der Waals surface area contributed by atoms with Crippen LogP contribution in [0.15, 0.2) is 84.0 Å². The summed E-state index contributed by atoms with van der Waals surface area (Å²) in [5.41, 5.74) is 1.97. The van der Waals surface area contributed by atoms with E-state index >= 15 is 0 Å². The maximum atomic E-state index is 13.8. The highest BCUT2D eigenvalue weighted by atomic mass is 32.2. The van der Waals surface area contributed by atoms with Crippen molar-refractivity contribution in [2.24, 2.45) is 0 Å². The van der Waals surface area contributed by atoms with Crippen LogP contribution in [0, 0.1) is 12.7 Å². The van der Waals surface area contributed by atoms with Gasteiger partial charge in [0.1, 0.15) is 12.4 Å². The van der Waals surface area contributed by atoms with E-state index in [9.17, 15) is 17.6 Å². The zero-order chi connectivity index (χ0) is 24.6. The third kappa shape index (κ3) is 4.58. The maximum Gasteiger partial charge on any atom is 0.265 e. The highest BCUT2D eigenvalue weighted by Gasteiger charge is 2.29. The van der Waals surface area contributed by atoms with Gasteiger partial charge in [0, 0.05) is 23.2 Å². The normalized spacial score (nSPS) is 11.6. The van der Waals surface area contributed by atoms with E-state index in [4.69, 9.17) is 0 Å². The molecule has 5 rings (SSSR count). The monoisotopic (exact) mass is 506 g/mol. The molecular formula is C25H19FN4O3S2. The number of anilines is 2. The van der Waals surface area contributed by atoms with Crippen molar-refractivity contribution in [1.29, 1.82) is 0 Å². The number of carbonyl (C=O) groups is 1. The molecule has 0 fully saturated rings. The Balaban J connectivity index is 1.51. The highest BCUT2D eigenvalue weighted by Crippen LogP contribution is 2.30. The van der Waals surface area contributed by atoms with Crippen molar-refractivity contribution in [3.05, 3.63) is 90.5 Å². The number of nitrogens with zero attached hydrogens (tertiary/aromatic N) is 3. The summed E-state index contributed by atoms with van der Waals surface area (Å²) in [5.74, 6) is -1.09. The Kier molecular flexibility index (Phi) is 5.91. The summed E-state index contributed by atoms with van der Waals surface area (Å²) >= 11 is 1.30. The van der Waals surface area contributed by atoms with E-state index in [-0.39, 0.29) is 10.6 Å². The standard InChI is InChI=1S/C25H19FN4O3S2/c1-16-5-10-21-22(13-16)34-25(28-21)29-24(31)15-30(19-8-6-18(26)7-9-19)35(32,33)23-4-2-3-17-14-27-12-11-20(17)23/h2-14H,15H2,1H3,(H,28,29,31). The number of carbonyl (C=O) groups excluding carboxylic acids is 1. The van der Waals surface area contributed by atoms with Gasteiger partial charge in [0.2, 0.25) is 5.91 Å². The molecule has 1 amide bonds. The lowest BCUT2D eigenvalue weighted by atomic mass is 10.2. The van der Waals surface area contributed by atoms with Crippen LogP contribution in [0.5, 0.6) is 0 Å². The van der Waals surface area contributed by atoms with Crippen molar-refractivity contribution in [3.8, 4) is 0 Å². The lowest BCUT2D eigenvalue weighted by molar-refractivity contribution is -0.114. The Hall–Kier alpha value is -3.89. The van der Waals surface area contributed by atoms with Gasteiger partial charge >= 0.3 is 0 Å². The number of aryl methyl sites for hydroxylation is 1. The van der Waals surface area contributed by atoms with Crippen LogP contribution < -0.4 is 9.62 Å². The van der Waals surface area contributed by atoms with Crippen LogP contribution in [0.2, 0.25) is 0 Å². The first-order chi connectivity index (χ1) is 16.8. The van der Waals surface area contributed by atoms with Crippen molar-refractivity contribution in [3.63, 3.8) is 0 Å². The number of hydrogen-bond acceptors (Lipinski definition) is 6. The van der Waals surface area contributed by atoms with Gasteiger partial charge in [-0.1, -0.05) is 29.5 Å². The first-order valence-electron chi connectivity index (χ1n) is 10.6. The summed E-state index contributed by atoms with van der Waals surface area (Å²) in [6.45, 7) is 1.44. The minimum absolute atomic E-state index is 0.0185. The van der Waals surface area contributed by atoms with Crippen molar-refractivity contribution in [2.75, 3.05) is 16.2 Å². The molecule has 10 heteroatoms. The first-order valence-corrected chi connectivity index (χ1v) is 12.8. The molecule has 0 unspecified atom stereocenters. The molecule has 0 saturated heterocycles. The second-order valence-corrected chi connectivity index (χ2v) is 10.7. The molecule has 2 aromatic heterocycles. The molecular weight excluding hydrogens is 487 g/mol. The minimum Gasteiger partial charge on any atom is -0.300 e. The van der Waals surface area contributed by atoms with Gasteiger partial charge in [-0.25, -0.2) is 17.8 Å². The number of halogens is 1. The number of benzene rings is 3. The van der Waals surface area contributed by atoms with Crippen LogP contribution in [0.4, 0.5) is 15.2 Å². The molecule has 0 radical (unpaired) electrons. The van der Waals surface area contributed by atoms with Gasteiger partial charge < -0.3 is 5.32 Å². The van der Waals surface area contributed by atoms with E-state index in [1.54, 1.807) is 24.4 Å². The van der Waals surface area contributed by atoms with Gasteiger partial charge in [0.25, 0.3) is 10.0 Å². The van der Waals surface area contributed by atoms with Crippen LogP contribution in [-0.2, 0) is 14.8 Å². The van der Waals surface area contributed by atoms with Crippen LogP contribution in [0.25, 0.3) is 21.0 Å². The van der Waals surface area contributed by atoms with Gasteiger partial charge in [-0.05, 0) is 61.0 Å². The Morgan fingerprint density at radius 3 is 2.69 bits per heavy atom. The molecule has 0 aliphatic rings. The Bertz CT molecular complexity index is 1660. The lowest BCUT2D eigenvalue weighted by Crippen LogP contribution is -2.38. The maximum absolute atomic E-state index is 13.8. The summed E-state index contributed by atoms with van der Waals surface area (Å²) in [5, 5.41) is 4.18. The number of thiazole rings is 1. The first kappa shape index (κ1) is 22.9. The number of sulfonamides is 1. The van der Waals surface area contributed by atoms with E-state index in [0.717, 1.165) is 32.2 Å². The SMILES string of the molecule is Cc1ccc2nc(NC(=O)CN(c3ccc(F)cc3)S(=O)(=O)c3cccc4cnccc34)sc2c1. The molecule has 1 N–H and O–H groups in total. The van der Waals surface area contributed by atoms with Crippen LogP contribution in [-0.4, -0.2) is 30.8 Å². The summed E-state index contributed by atoms with van der Waals surface area (Å²) < 4.78 is 43.1. The van der Waals surface area contributed by atoms with E-state index in [1.165, 1.54) is 35.7 Å². The molecule has 0 atom stereocenters. The van der Waals surface area contributed by atoms with Crippen molar-refractivity contribution < 1.29 is 17.6 Å². The molecule has 176 valence electrons. The van der Waals surface area contributed by atoms with Crippen molar-refractivity contribution >= 4 is 59.1 Å². The zero-order valence-electron chi connectivity index (χ0n) is 18.5. The van der Waals surface area contributed by atoms with E-state index in [2.05, 4.69) is 15.3 Å². The number of pyridine rings is 1. The molecule has 0 aliphatic heterocycles. The van der Waals surface area contributed by atoms with Crippen molar-refractivity contribution in [2.45, 2.75) is 11.8 Å². The number of nitrogens with one attached hydrogen (secondary N) is 1. The second kappa shape index (κ2) is 9.05. The predicted octanol–water partition coefficient (Wildman–Crippen LogP) is 5.13. The molecule has 3 aromatic carbocycles.